The molecular formula is C27H38N2O6. The molecule has 0 fully saturated rings. The highest BCUT2D eigenvalue weighted by molar-refractivity contribution is 5.88. The third-order valence-electron chi connectivity index (χ3n) is 5.55. The van der Waals surface area contributed by atoms with Crippen molar-refractivity contribution < 1.29 is 28.5 Å². The zero-order valence-electron chi connectivity index (χ0n) is 21.6. The van der Waals surface area contributed by atoms with Gasteiger partial charge in [0.2, 0.25) is 11.8 Å². The fourth-order valence-corrected chi connectivity index (χ4v) is 3.53. The number of rotatable bonds is 14. The fourth-order valence-electron chi connectivity index (χ4n) is 3.53. The lowest BCUT2D eigenvalue weighted by Gasteiger charge is -2.29. The SMILES string of the molecule is COc1ccc(CN(C(=O)Cc2ccc(OC)c(OC)c2)C(C)C(=O)NCCCOC(C)C)cc1. The molecule has 0 radical (unpaired) electrons. The zero-order valence-corrected chi connectivity index (χ0v) is 21.6. The Hall–Kier alpha value is -3.26. The molecule has 1 atom stereocenters. The molecule has 0 heterocycles. The summed E-state index contributed by atoms with van der Waals surface area (Å²) in [7, 11) is 4.72. The Bertz CT molecular complexity index is 945. The number of methoxy groups -OCH3 is 3. The first kappa shape index (κ1) is 28.0. The first-order valence-corrected chi connectivity index (χ1v) is 11.8. The van der Waals surface area contributed by atoms with Crippen molar-refractivity contribution in [3.8, 4) is 17.2 Å². The summed E-state index contributed by atoms with van der Waals surface area (Å²) in [4.78, 5) is 27.9. The molecule has 8 heteroatoms. The highest BCUT2D eigenvalue weighted by atomic mass is 16.5. The van der Waals surface area contributed by atoms with Gasteiger partial charge in [0.1, 0.15) is 11.8 Å². The van der Waals surface area contributed by atoms with Gasteiger partial charge in [-0.2, -0.15) is 0 Å². The summed E-state index contributed by atoms with van der Waals surface area (Å²) < 4.78 is 21.4. The van der Waals surface area contributed by atoms with E-state index in [-0.39, 0.29) is 24.3 Å². The largest absolute Gasteiger partial charge is 0.497 e. The number of nitrogens with zero attached hydrogens (tertiary/aromatic N) is 1. The van der Waals surface area contributed by atoms with Crippen molar-refractivity contribution in [1.82, 2.24) is 10.2 Å². The van der Waals surface area contributed by atoms with E-state index < -0.39 is 6.04 Å². The van der Waals surface area contributed by atoms with Gasteiger partial charge in [0, 0.05) is 19.7 Å². The molecule has 0 saturated heterocycles. The van der Waals surface area contributed by atoms with Gasteiger partial charge in [-0.05, 0) is 62.6 Å². The molecular weight excluding hydrogens is 448 g/mol. The summed E-state index contributed by atoms with van der Waals surface area (Å²) in [6.07, 6.45) is 0.976. The quantitative estimate of drug-likeness (QED) is 0.411. The predicted molar refractivity (Wildman–Crippen MR) is 135 cm³/mol. The van der Waals surface area contributed by atoms with E-state index >= 15 is 0 Å². The van der Waals surface area contributed by atoms with Crippen molar-refractivity contribution in [2.75, 3.05) is 34.5 Å². The van der Waals surface area contributed by atoms with Crippen molar-refractivity contribution in [1.29, 1.82) is 0 Å². The molecule has 2 aromatic rings. The lowest BCUT2D eigenvalue weighted by molar-refractivity contribution is -0.140. The van der Waals surface area contributed by atoms with Crippen LogP contribution < -0.4 is 19.5 Å². The van der Waals surface area contributed by atoms with E-state index in [9.17, 15) is 9.59 Å². The van der Waals surface area contributed by atoms with Gasteiger partial charge in [0.15, 0.2) is 11.5 Å². The summed E-state index contributed by atoms with van der Waals surface area (Å²) in [5.74, 6) is 1.50. The summed E-state index contributed by atoms with van der Waals surface area (Å²) in [6.45, 7) is 7.04. The Morgan fingerprint density at radius 1 is 0.886 bits per heavy atom. The fraction of sp³-hybridized carbons (Fsp3) is 0.481. The van der Waals surface area contributed by atoms with Crippen molar-refractivity contribution >= 4 is 11.8 Å². The van der Waals surface area contributed by atoms with E-state index in [4.69, 9.17) is 18.9 Å². The van der Waals surface area contributed by atoms with Crippen molar-refractivity contribution in [2.24, 2.45) is 0 Å². The number of ether oxygens (including phenoxy) is 4. The number of carbonyl (C=O) groups excluding carboxylic acids is 2. The van der Waals surface area contributed by atoms with Crippen LogP contribution in [-0.4, -0.2) is 63.3 Å². The molecule has 0 aliphatic carbocycles. The second-order valence-corrected chi connectivity index (χ2v) is 8.48. The van der Waals surface area contributed by atoms with Gasteiger partial charge in [-0.3, -0.25) is 9.59 Å². The van der Waals surface area contributed by atoms with Gasteiger partial charge in [0.25, 0.3) is 0 Å². The summed E-state index contributed by atoms with van der Waals surface area (Å²) in [6, 6.07) is 12.2. The number of amides is 2. The van der Waals surface area contributed by atoms with Crippen LogP contribution in [0.15, 0.2) is 42.5 Å². The molecule has 0 spiro atoms. The van der Waals surface area contributed by atoms with E-state index in [1.807, 2.05) is 44.2 Å². The number of hydrogen-bond donors (Lipinski definition) is 1. The van der Waals surface area contributed by atoms with E-state index in [2.05, 4.69) is 5.32 Å². The molecule has 1 unspecified atom stereocenters. The van der Waals surface area contributed by atoms with Gasteiger partial charge in [-0.15, -0.1) is 0 Å². The molecule has 2 rings (SSSR count). The van der Waals surface area contributed by atoms with E-state index in [1.165, 1.54) is 0 Å². The molecule has 0 saturated carbocycles. The molecule has 0 bridgehead atoms. The number of nitrogens with one attached hydrogen (secondary N) is 1. The average Bonchev–Trinajstić information content (AvgIpc) is 2.86. The molecule has 0 aliphatic heterocycles. The highest BCUT2D eigenvalue weighted by Crippen LogP contribution is 2.28. The number of hydrogen-bond acceptors (Lipinski definition) is 6. The van der Waals surface area contributed by atoms with Crippen molar-refractivity contribution in [2.45, 2.75) is 52.3 Å². The van der Waals surface area contributed by atoms with E-state index in [0.717, 1.165) is 16.9 Å². The molecule has 1 N–H and O–H groups in total. The summed E-state index contributed by atoms with van der Waals surface area (Å²) in [5, 5.41) is 2.92. The van der Waals surface area contributed by atoms with Crippen LogP contribution in [0.5, 0.6) is 17.2 Å². The smallest absolute Gasteiger partial charge is 0.242 e. The van der Waals surface area contributed by atoms with Crippen LogP contribution in [0, 0.1) is 0 Å². The minimum Gasteiger partial charge on any atom is -0.497 e. The second-order valence-electron chi connectivity index (χ2n) is 8.48. The highest BCUT2D eigenvalue weighted by Gasteiger charge is 2.26. The molecule has 0 aliphatic rings. The van der Waals surface area contributed by atoms with Crippen LogP contribution in [0.3, 0.4) is 0 Å². The lowest BCUT2D eigenvalue weighted by atomic mass is 10.1. The maximum atomic E-state index is 13.4. The second kappa shape index (κ2) is 14.2. The molecule has 192 valence electrons. The molecule has 2 aromatic carbocycles. The van der Waals surface area contributed by atoms with Gasteiger partial charge >= 0.3 is 0 Å². The monoisotopic (exact) mass is 486 g/mol. The summed E-state index contributed by atoms with van der Waals surface area (Å²) >= 11 is 0. The normalized spacial score (nSPS) is 11.6. The number of benzene rings is 2. The van der Waals surface area contributed by atoms with Crippen LogP contribution in [-0.2, 0) is 27.3 Å². The van der Waals surface area contributed by atoms with Gasteiger partial charge in [-0.1, -0.05) is 18.2 Å². The topological polar surface area (TPSA) is 86.3 Å². The first-order chi connectivity index (χ1) is 16.8. The third kappa shape index (κ3) is 8.79. The Morgan fingerprint density at radius 2 is 1.54 bits per heavy atom. The number of carbonyl (C=O) groups is 2. The predicted octanol–water partition coefficient (Wildman–Crippen LogP) is 3.60. The van der Waals surface area contributed by atoms with Gasteiger partial charge in [-0.25, -0.2) is 0 Å². The van der Waals surface area contributed by atoms with Gasteiger partial charge in [0.05, 0.1) is 33.9 Å². The molecule has 0 aromatic heterocycles. The first-order valence-electron chi connectivity index (χ1n) is 11.8. The van der Waals surface area contributed by atoms with E-state index in [0.29, 0.717) is 37.6 Å². The van der Waals surface area contributed by atoms with Crippen molar-refractivity contribution in [3.05, 3.63) is 53.6 Å². The van der Waals surface area contributed by atoms with Crippen molar-refractivity contribution in [3.63, 3.8) is 0 Å². The Balaban J connectivity index is 2.15. The molecule has 8 nitrogen and oxygen atoms in total. The third-order valence-corrected chi connectivity index (χ3v) is 5.55. The minimum atomic E-state index is -0.657. The van der Waals surface area contributed by atoms with Crippen LogP contribution in [0.2, 0.25) is 0 Å². The average molecular weight is 487 g/mol. The lowest BCUT2D eigenvalue weighted by Crippen LogP contribution is -2.48. The maximum Gasteiger partial charge on any atom is 0.242 e. The Kier molecular flexibility index (Phi) is 11.4. The van der Waals surface area contributed by atoms with Crippen LogP contribution in [0.1, 0.15) is 38.3 Å². The minimum absolute atomic E-state index is 0.121. The van der Waals surface area contributed by atoms with Gasteiger partial charge < -0.3 is 29.2 Å². The van der Waals surface area contributed by atoms with Crippen LogP contribution in [0.4, 0.5) is 0 Å². The summed E-state index contributed by atoms with van der Waals surface area (Å²) in [5.41, 5.74) is 1.67. The Morgan fingerprint density at radius 3 is 2.14 bits per heavy atom. The Labute approximate surface area is 208 Å². The maximum absolute atomic E-state index is 13.4. The zero-order chi connectivity index (χ0) is 25.8. The van der Waals surface area contributed by atoms with Crippen LogP contribution >= 0.6 is 0 Å². The molecule has 35 heavy (non-hydrogen) atoms. The van der Waals surface area contributed by atoms with E-state index in [1.54, 1.807) is 45.3 Å². The standard InChI is InChI=1S/C27H38N2O6/c1-19(2)35-15-7-14-28-27(31)20(3)29(18-21-8-11-23(32-4)12-9-21)26(30)17-22-10-13-24(33-5)25(16-22)34-6/h8-13,16,19-20H,7,14-15,17-18H2,1-6H3,(H,28,31). The molecule has 2 amide bonds. The van der Waals surface area contributed by atoms with Crippen LogP contribution in [0.25, 0.3) is 0 Å².